The topological polar surface area (TPSA) is 68.0 Å². The molecule has 0 amide bonds. The number of hydrogen-bond donors (Lipinski definition) is 1. The Balaban J connectivity index is 1.39. The molecule has 146 valence electrons. The van der Waals surface area contributed by atoms with E-state index in [0.29, 0.717) is 5.95 Å². The van der Waals surface area contributed by atoms with Crippen LogP contribution in [0.4, 0.5) is 5.95 Å². The number of rotatable bonds is 3. The van der Waals surface area contributed by atoms with E-state index in [9.17, 15) is 0 Å². The quantitative estimate of drug-likeness (QED) is 0.360. The summed E-state index contributed by atoms with van der Waals surface area (Å²) in [5.74, 6) is 0.388. The van der Waals surface area contributed by atoms with E-state index in [4.69, 9.17) is 0 Å². The lowest BCUT2D eigenvalue weighted by Gasteiger charge is -2.09. The highest BCUT2D eigenvalue weighted by Crippen LogP contribution is 2.33. The number of hydrogen-bond acceptors (Lipinski definition) is 5. The van der Waals surface area contributed by atoms with Crippen LogP contribution >= 0.6 is 0 Å². The molecule has 5 aromatic rings. The van der Waals surface area contributed by atoms with Crippen LogP contribution in [0.25, 0.3) is 32.8 Å². The van der Waals surface area contributed by atoms with Gasteiger partial charge in [-0.15, -0.1) is 10.2 Å². The Morgan fingerprint density at radius 2 is 1.73 bits per heavy atom. The fraction of sp³-hybridized carbons (Fsp3) is 0.167. The summed E-state index contributed by atoms with van der Waals surface area (Å²) in [6, 6.07) is 19.1. The van der Waals surface area contributed by atoms with E-state index in [1.54, 1.807) is 0 Å². The van der Waals surface area contributed by atoms with Crippen LogP contribution in [0.1, 0.15) is 23.6 Å². The van der Waals surface area contributed by atoms with Crippen molar-refractivity contribution >= 4 is 44.5 Å². The molecule has 2 aromatic heterocycles. The molecule has 2 heterocycles. The smallest absolute Gasteiger partial charge is 0.265 e. The van der Waals surface area contributed by atoms with Gasteiger partial charge in [0.05, 0.1) is 11.2 Å². The average Bonchev–Trinajstić information content (AvgIpc) is 3.33. The second kappa shape index (κ2) is 6.35. The van der Waals surface area contributed by atoms with Crippen molar-refractivity contribution in [2.45, 2.75) is 19.8 Å². The summed E-state index contributed by atoms with van der Waals surface area (Å²) in [5.41, 5.74) is 10.6. The van der Waals surface area contributed by atoms with E-state index in [1.807, 2.05) is 36.7 Å². The third-order valence-corrected chi connectivity index (χ3v) is 6.10. The monoisotopic (exact) mass is 392 g/mol. The molecule has 0 radical (unpaired) electrons. The van der Waals surface area contributed by atoms with Gasteiger partial charge in [-0.2, -0.15) is 10.1 Å². The highest BCUT2D eigenvalue weighted by Gasteiger charge is 2.17. The van der Waals surface area contributed by atoms with Crippen molar-refractivity contribution in [2.24, 2.45) is 12.1 Å². The van der Waals surface area contributed by atoms with Crippen molar-refractivity contribution < 1.29 is 0 Å². The molecule has 0 saturated heterocycles. The van der Waals surface area contributed by atoms with Gasteiger partial charge >= 0.3 is 0 Å². The number of aromatic nitrogens is 4. The first kappa shape index (κ1) is 17.1. The van der Waals surface area contributed by atoms with Gasteiger partial charge in [0.2, 0.25) is 0 Å². The molecule has 1 N–H and O–H groups in total. The van der Waals surface area contributed by atoms with Crippen molar-refractivity contribution in [3.8, 4) is 0 Å². The number of hydrazone groups is 1. The second-order valence-corrected chi connectivity index (χ2v) is 7.80. The molecule has 6 heteroatoms. The molecule has 6 rings (SSSR count). The minimum absolute atomic E-state index is 0.388. The number of benzene rings is 3. The molecular weight excluding hydrogens is 372 g/mol. The van der Waals surface area contributed by atoms with E-state index in [0.717, 1.165) is 46.2 Å². The van der Waals surface area contributed by atoms with Crippen molar-refractivity contribution in [3.63, 3.8) is 0 Å². The van der Waals surface area contributed by atoms with E-state index in [2.05, 4.69) is 62.1 Å². The molecule has 1 aliphatic carbocycles. The Morgan fingerprint density at radius 1 is 0.933 bits per heavy atom. The van der Waals surface area contributed by atoms with Crippen LogP contribution in [-0.4, -0.2) is 25.5 Å². The zero-order valence-electron chi connectivity index (χ0n) is 16.8. The molecule has 0 fully saturated rings. The van der Waals surface area contributed by atoms with Crippen LogP contribution in [0, 0.1) is 0 Å². The van der Waals surface area contributed by atoms with Gasteiger partial charge in [0, 0.05) is 18.0 Å². The van der Waals surface area contributed by atoms with Gasteiger partial charge in [0.25, 0.3) is 5.95 Å². The summed E-state index contributed by atoms with van der Waals surface area (Å²) >= 11 is 0. The van der Waals surface area contributed by atoms with E-state index in [-0.39, 0.29) is 0 Å². The molecule has 30 heavy (non-hydrogen) atoms. The molecule has 1 aliphatic rings. The lowest BCUT2D eigenvalue weighted by Crippen LogP contribution is -2.05. The molecule has 0 spiro atoms. The maximum atomic E-state index is 4.65. The standard InChI is InChI=1S/C24H20N6/c1-14(17-13-12-16-11-10-15-6-5-8-18(17)21(15)16)26-28-24-25-23-22(27-29-24)19-7-3-4-9-20(19)30(23)2/h3-9,12-13H,10-11H2,1-2H3,(H,25,28,29)/b26-14+. The Labute approximate surface area is 173 Å². The van der Waals surface area contributed by atoms with Gasteiger partial charge in [-0.25, -0.2) is 5.43 Å². The van der Waals surface area contributed by atoms with E-state index < -0.39 is 0 Å². The minimum atomic E-state index is 0.388. The maximum absolute atomic E-state index is 4.65. The van der Waals surface area contributed by atoms with E-state index in [1.165, 1.54) is 21.9 Å². The maximum Gasteiger partial charge on any atom is 0.265 e. The Hall–Kier alpha value is -3.80. The van der Waals surface area contributed by atoms with Crippen molar-refractivity contribution in [1.82, 2.24) is 19.7 Å². The number of anilines is 1. The lowest BCUT2D eigenvalue weighted by molar-refractivity contribution is 0.949. The lowest BCUT2D eigenvalue weighted by atomic mass is 9.98. The fourth-order valence-corrected chi connectivity index (χ4v) is 4.61. The van der Waals surface area contributed by atoms with Crippen LogP contribution in [0.15, 0.2) is 59.7 Å². The molecule has 0 bridgehead atoms. The van der Waals surface area contributed by atoms with Crippen LogP contribution in [0.3, 0.4) is 0 Å². The van der Waals surface area contributed by atoms with Crippen molar-refractivity contribution in [1.29, 1.82) is 0 Å². The molecular formula is C24H20N6. The normalized spacial score (nSPS) is 13.6. The van der Waals surface area contributed by atoms with Crippen molar-refractivity contribution in [2.75, 3.05) is 5.43 Å². The molecule has 0 unspecified atom stereocenters. The van der Waals surface area contributed by atoms with Crippen LogP contribution in [-0.2, 0) is 19.9 Å². The predicted octanol–water partition coefficient (Wildman–Crippen LogP) is 4.60. The van der Waals surface area contributed by atoms with Gasteiger partial charge < -0.3 is 4.57 Å². The summed E-state index contributed by atoms with van der Waals surface area (Å²) in [6.07, 6.45) is 2.24. The third kappa shape index (κ3) is 2.43. The minimum Gasteiger partial charge on any atom is -0.327 e. The first-order chi connectivity index (χ1) is 14.7. The summed E-state index contributed by atoms with van der Waals surface area (Å²) < 4.78 is 2.03. The van der Waals surface area contributed by atoms with Gasteiger partial charge in [-0.1, -0.05) is 48.5 Å². The predicted molar refractivity (Wildman–Crippen MR) is 121 cm³/mol. The van der Waals surface area contributed by atoms with Gasteiger partial charge in [-0.3, -0.25) is 0 Å². The number of para-hydroxylation sites is 1. The summed E-state index contributed by atoms with van der Waals surface area (Å²) in [4.78, 5) is 4.65. The number of fused-ring (bicyclic) bond motifs is 3. The Bertz CT molecular complexity index is 1480. The first-order valence-corrected chi connectivity index (χ1v) is 10.1. The first-order valence-electron chi connectivity index (χ1n) is 10.1. The SMILES string of the molecule is C/C(=N\Nc1nnc2c3ccccc3n(C)c2n1)c1ccc2c3c(cccc13)CC2. The van der Waals surface area contributed by atoms with E-state index >= 15 is 0 Å². The van der Waals surface area contributed by atoms with Gasteiger partial charge in [-0.05, 0) is 47.7 Å². The zero-order valence-corrected chi connectivity index (χ0v) is 16.8. The second-order valence-electron chi connectivity index (χ2n) is 7.80. The molecule has 0 saturated carbocycles. The molecule has 3 aromatic carbocycles. The highest BCUT2D eigenvalue weighted by atomic mass is 15.4. The molecule has 0 aliphatic heterocycles. The number of aryl methyl sites for hydroxylation is 3. The average molecular weight is 392 g/mol. The summed E-state index contributed by atoms with van der Waals surface area (Å²) in [6.45, 7) is 2.01. The Morgan fingerprint density at radius 3 is 2.63 bits per heavy atom. The van der Waals surface area contributed by atoms with Gasteiger partial charge in [0.1, 0.15) is 5.52 Å². The van der Waals surface area contributed by atoms with Crippen LogP contribution < -0.4 is 5.43 Å². The summed E-state index contributed by atoms with van der Waals surface area (Å²) in [7, 11) is 1.99. The fourth-order valence-electron chi connectivity index (χ4n) is 4.61. The van der Waals surface area contributed by atoms with Gasteiger partial charge in [0.15, 0.2) is 5.65 Å². The molecule has 6 nitrogen and oxygen atoms in total. The van der Waals surface area contributed by atoms with Crippen LogP contribution in [0.5, 0.6) is 0 Å². The largest absolute Gasteiger partial charge is 0.327 e. The zero-order chi connectivity index (χ0) is 20.2. The van der Waals surface area contributed by atoms with Crippen molar-refractivity contribution in [3.05, 3.63) is 71.3 Å². The number of nitrogens with zero attached hydrogens (tertiary/aromatic N) is 5. The number of nitrogens with one attached hydrogen (secondary N) is 1. The Kier molecular flexibility index (Phi) is 3.62. The molecule has 0 atom stereocenters. The van der Waals surface area contributed by atoms with Crippen LogP contribution in [0.2, 0.25) is 0 Å². The highest BCUT2D eigenvalue weighted by molar-refractivity contribution is 6.11. The summed E-state index contributed by atoms with van der Waals surface area (Å²) in [5, 5.41) is 16.9. The third-order valence-electron chi connectivity index (χ3n) is 6.10.